The van der Waals surface area contributed by atoms with Crippen LogP contribution in [0.1, 0.15) is 61.6 Å². The molecule has 0 aromatic heterocycles. The predicted octanol–water partition coefficient (Wildman–Crippen LogP) is 6.27. The molecule has 1 aliphatic heterocycles. The molecule has 236 valence electrons. The molecular weight excluding hydrogens is 610 g/mol. The molecule has 1 saturated heterocycles. The van der Waals surface area contributed by atoms with Crippen molar-refractivity contribution in [3.05, 3.63) is 65.0 Å². The van der Waals surface area contributed by atoms with Crippen molar-refractivity contribution in [2.75, 3.05) is 6.54 Å². The molecule has 0 bridgehead atoms. The fourth-order valence-electron chi connectivity index (χ4n) is 7.07. The fraction of sp³-hybridized carbons (Fsp3) is 0.552. The maximum absolute atomic E-state index is 15.0. The first-order valence-electron chi connectivity index (χ1n) is 13.9. The van der Waals surface area contributed by atoms with Crippen LogP contribution in [0.3, 0.4) is 0 Å². The van der Waals surface area contributed by atoms with E-state index in [1.165, 1.54) is 4.90 Å². The number of benzene rings is 2. The van der Waals surface area contributed by atoms with E-state index in [1.54, 1.807) is 0 Å². The van der Waals surface area contributed by atoms with Crippen molar-refractivity contribution in [1.82, 2.24) is 4.90 Å². The average molecular weight is 640 g/mol. The first-order chi connectivity index (χ1) is 19.9. The Morgan fingerprint density at radius 2 is 1.49 bits per heavy atom. The molecule has 1 N–H and O–H groups in total. The molecule has 5 nitrogen and oxygen atoms in total. The van der Waals surface area contributed by atoms with E-state index < -0.39 is 62.1 Å². The SMILES string of the molecule is O=C(C1CCC(O)CC1)N1CC[C@@]2(S(=O)(=O)c3ccc(F)cc3)c3ccc(C(F)(C(F)(F)F)C(F)(F)F)cc3CCC[C@@H]12. The number of nitrogens with zero attached hydrogens (tertiary/aromatic N) is 1. The largest absolute Gasteiger partial charge is 0.435 e. The van der Waals surface area contributed by atoms with Gasteiger partial charge in [0.05, 0.1) is 17.0 Å². The number of aliphatic hydroxyl groups is 1. The van der Waals surface area contributed by atoms with Crippen molar-refractivity contribution < 1.29 is 53.4 Å². The van der Waals surface area contributed by atoms with E-state index in [9.17, 15) is 49.1 Å². The topological polar surface area (TPSA) is 74.7 Å². The summed E-state index contributed by atoms with van der Waals surface area (Å²) in [7, 11) is -4.56. The number of aryl methyl sites for hydroxylation is 1. The zero-order valence-electron chi connectivity index (χ0n) is 22.7. The van der Waals surface area contributed by atoms with Crippen LogP contribution in [-0.2, 0) is 31.5 Å². The van der Waals surface area contributed by atoms with Crippen LogP contribution >= 0.6 is 0 Å². The summed E-state index contributed by atoms with van der Waals surface area (Å²) in [5.74, 6) is -1.58. The maximum Gasteiger partial charge on any atom is 0.435 e. The van der Waals surface area contributed by atoms with Crippen LogP contribution in [0.25, 0.3) is 0 Å². The van der Waals surface area contributed by atoms with Crippen LogP contribution in [0.4, 0.5) is 35.1 Å². The minimum Gasteiger partial charge on any atom is -0.393 e. The van der Waals surface area contributed by atoms with Gasteiger partial charge in [-0.25, -0.2) is 17.2 Å². The van der Waals surface area contributed by atoms with Crippen LogP contribution in [0.2, 0.25) is 0 Å². The van der Waals surface area contributed by atoms with Gasteiger partial charge in [0.25, 0.3) is 0 Å². The van der Waals surface area contributed by atoms with Gasteiger partial charge in [-0.1, -0.05) is 18.2 Å². The number of carbonyl (C=O) groups is 1. The molecule has 1 heterocycles. The van der Waals surface area contributed by atoms with E-state index in [4.69, 9.17) is 0 Å². The number of amides is 1. The third kappa shape index (κ3) is 4.92. The molecule has 3 aliphatic rings. The second-order valence-corrected chi connectivity index (χ2v) is 13.8. The van der Waals surface area contributed by atoms with Crippen LogP contribution in [-0.4, -0.2) is 55.4 Å². The monoisotopic (exact) mass is 639 g/mol. The lowest BCUT2D eigenvalue weighted by atomic mass is 9.84. The van der Waals surface area contributed by atoms with Gasteiger partial charge >= 0.3 is 18.0 Å². The maximum atomic E-state index is 15.0. The zero-order chi connectivity index (χ0) is 31.6. The lowest BCUT2D eigenvalue weighted by Gasteiger charge is -2.39. The molecule has 2 aromatic rings. The summed E-state index contributed by atoms with van der Waals surface area (Å²) >= 11 is 0. The van der Waals surface area contributed by atoms with Crippen molar-refractivity contribution in [3.8, 4) is 0 Å². The number of hydrogen-bond acceptors (Lipinski definition) is 4. The summed E-state index contributed by atoms with van der Waals surface area (Å²) < 4.78 is 137. The Morgan fingerprint density at radius 1 is 0.884 bits per heavy atom. The first-order valence-corrected chi connectivity index (χ1v) is 15.4. The predicted molar refractivity (Wildman–Crippen MR) is 138 cm³/mol. The summed E-state index contributed by atoms with van der Waals surface area (Å²) in [6.07, 6.45) is -12.0. The molecule has 0 radical (unpaired) electrons. The number of carbonyl (C=O) groups excluding carboxylic acids is 1. The molecule has 14 heteroatoms. The lowest BCUT2D eigenvalue weighted by Crippen LogP contribution is -2.51. The van der Waals surface area contributed by atoms with Crippen LogP contribution in [0.15, 0.2) is 47.4 Å². The smallest absolute Gasteiger partial charge is 0.393 e. The second-order valence-electron chi connectivity index (χ2n) is 11.6. The number of likely N-dealkylation sites (tertiary alicyclic amines) is 1. The number of hydrogen-bond donors (Lipinski definition) is 1. The third-order valence-electron chi connectivity index (χ3n) is 9.23. The van der Waals surface area contributed by atoms with E-state index in [-0.39, 0.29) is 54.2 Å². The minimum absolute atomic E-state index is 0.0465. The van der Waals surface area contributed by atoms with Crippen LogP contribution in [0, 0.1) is 11.7 Å². The van der Waals surface area contributed by atoms with Gasteiger partial charge in [-0.2, -0.15) is 26.3 Å². The molecule has 0 spiro atoms. The fourth-order valence-corrected chi connectivity index (χ4v) is 9.44. The van der Waals surface area contributed by atoms with Crippen LogP contribution < -0.4 is 0 Å². The Morgan fingerprint density at radius 3 is 2.07 bits per heavy atom. The number of aliphatic hydroxyl groups excluding tert-OH is 1. The summed E-state index contributed by atoms with van der Waals surface area (Å²) in [6, 6.07) is 4.37. The lowest BCUT2D eigenvalue weighted by molar-refractivity contribution is -0.348. The van der Waals surface area contributed by atoms with Crippen molar-refractivity contribution in [2.45, 2.75) is 91.2 Å². The molecule has 2 aromatic carbocycles. The van der Waals surface area contributed by atoms with Gasteiger partial charge in [0.15, 0.2) is 9.84 Å². The van der Waals surface area contributed by atoms with Gasteiger partial charge in [0.1, 0.15) is 10.6 Å². The Hall–Kier alpha value is -2.74. The zero-order valence-corrected chi connectivity index (χ0v) is 23.5. The summed E-state index contributed by atoms with van der Waals surface area (Å²) in [4.78, 5) is 14.8. The molecule has 0 unspecified atom stereocenters. The van der Waals surface area contributed by atoms with Gasteiger partial charge in [-0.15, -0.1) is 0 Å². The highest BCUT2D eigenvalue weighted by atomic mass is 32.2. The number of fused-ring (bicyclic) bond motifs is 3. The molecule has 43 heavy (non-hydrogen) atoms. The minimum atomic E-state index is -6.35. The van der Waals surface area contributed by atoms with Crippen molar-refractivity contribution in [2.24, 2.45) is 5.92 Å². The summed E-state index contributed by atoms with van der Waals surface area (Å²) in [5, 5.41) is 9.88. The Labute approximate surface area is 242 Å². The summed E-state index contributed by atoms with van der Waals surface area (Å²) in [6.45, 7) is -0.0671. The molecule has 2 atom stereocenters. The molecule has 1 saturated carbocycles. The van der Waals surface area contributed by atoms with Gasteiger partial charge in [0, 0.05) is 18.0 Å². The Balaban J connectivity index is 1.69. The number of sulfone groups is 1. The number of halogens is 8. The molecular formula is C29H29F8NO4S. The van der Waals surface area contributed by atoms with E-state index in [1.807, 2.05) is 0 Å². The quantitative estimate of drug-likeness (QED) is 0.316. The van der Waals surface area contributed by atoms with E-state index in [2.05, 4.69) is 0 Å². The highest BCUT2D eigenvalue weighted by molar-refractivity contribution is 7.92. The number of alkyl halides is 7. The standard InChI is InChI=1S/C29H29F8NO4S/c30-20-7-11-22(12-8-20)43(41,42)26-14-15-38(25(40)17-4-9-21(39)10-5-17)24(26)3-1-2-18-16-19(6-13-23(18)26)27(31,28(32,33)34)29(35,36)37/h6-8,11-13,16-17,21,24,39H,1-5,9-10,14-15H2/t17?,21?,24-,26-/m1/s1. The van der Waals surface area contributed by atoms with Crippen molar-refractivity contribution in [3.63, 3.8) is 0 Å². The van der Waals surface area contributed by atoms with Gasteiger partial charge in [0.2, 0.25) is 5.91 Å². The van der Waals surface area contributed by atoms with E-state index in [0.717, 1.165) is 30.3 Å². The molecule has 2 aliphatic carbocycles. The average Bonchev–Trinajstić information content (AvgIpc) is 3.24. The van der Waals surface area contributed by atoms with E-state index in [0.29, 0.717) is 37.8 Å². The van der Waals surface area contributed by atoms with E-state index >= 15 is 4.39 Å². The van der Waals surface area contributed by atoms with Crippen LogP contribution in [0.5, 0.6) is 0 Å². The molecule has 2 fully saturated rings. The molecule has 1 amide bonds. The van der Waals surface area contributed by atoms with Crippen molar-refractivity contribution in [1.29, 1.82) is 0 Å². The normalized spacial score (nSPS) is 26.9. The highest BCUT2D eigenvalue weighted by Gasteiger charge is 2.73. The second kappa shape index (κ2) is 10.7. The summed E-state index contributed by atoms with van der Waals surface area (Å²) in [5.41, 5.74) is -7.72. The highest BCUT2D eigenvalue weighted by Crippen LogP contribution is 2.56. The van der Waals surface area contributed by atoms with Gasteiger partial charge in [-0.3, -0.25) is 4.79 Å². The Kier molecular flexibility index (Phi) is 7.89. The van der Waals surface area contributed by atoms with Gasteiger partial charge in [-0.05, 0) is 86.8 Å². The van der Waals surface area contributed by atoms with Crippen molar-refractivity contribution >= 4 is 15.7 Å². The Bertz CT molecular complexity index is 1470. The molecule has 5 rings (SSSR count). The number of rotatable bonds is 4. The van der Waals surface area contributed by atoms with Gasteiger partial charge < -0.3 is 10.0 Å². The third-order valence-corrected chi connectivity index (χ3v) is 11.8. The first kappa shape index (κ1) is 31.7.